The lowest BCUT2D eigenvalue weighted by Gasteiger charge is -2.50. The smallest absolute Gasteiger partial charge is 0.341 e. The van der Waals surface area contributed by atoms with E-state index in [9.17, 15) is 19.1 Å². The molecule has 0 unspecified atom stereocenters. The number of likely N-dealkylation sites (N-methyl/N-ethyl adjacent to an activating group) is 1. The summed E-state index contributed by atoms with van der Waals surface area (Å²) in [7, 11) is 4.01. The summed E-state index contributed by atoms with van der Waals surface area (Å²) in [5.41, 5.74) is 0.151. The third-order valence-electron chi connectivity index (χ3n) is 5.68. The Balaban J connectivity index is 1.87. The average Bonchev–Trinajstić information content (AvgIpc) is 3.39. The Morgan fingerprint density at radius 2 is 2.00 bits per heavy atom. The maximum atomic E-state index is 14.8. The van der Waals surface area contributed by atoms with E-state index in [4.69, 9.17) is 0 Å². The number of pyridine rings is 1. The molecule has 2 fully saturated rings. The van der Waals surface area contributed by atoms with Crippen molar-refractivity contribution in [2.24, 2.45) is 0 Å². The SMILES string of the molecule is C[C@@H]1[C@@H](N(C)C)CN1c1cc2c(cc1F)c(=O)c(C(=O)O)cn2C1CC1. The van der Waals surface area contributed by atoms with Crippen LogP contribution in [0, 0.1) is 5.82 Å². The van der Waals surface area contributed by atoms with Crippen molar-refractivity contribution in [3.05, 3.63) is 39.9 Å². The predicted octanol–water partition coefficient (Wildman–Crippen LogP) is 2.31. The third kappa shape index (κ3) is 2.49. The first-order valence-corrected chi connectivity index (χ1v) is 8.84. The van der Waals surface area contributed by atoms with Crippen molar-refractivity contribution in [1.82, 2.24) is 9.47 Å². The van der Waals surface area contributed by atoms with Gasteiger partial charge in [0.25, 0.3) is 0 Å². The van der Waals surface area contributed by atoms with Crippen LogP contribution in [0.25, 0.3) is 10.9 Å². The minimum absolute atomic E-state index is 0.135. The summed E-state index contributed by atoms with van der Waals surface area (Å²) < 4.78 is 16.6. The number of aromatic carboxylic acids is 1. The monoisotopic (exact) mass is 359 g/mol. The van der Waals surface area contributed by atoms with Crippen molar-refractivity contribution >= 4 is 22.6 Å². The van der Waals surface area contributed by atoms with Crippen molar-refractivity contribution in [2.45, 2.75) is 37.9 Å². The molecule has 1 N–H and O–H groups in total. The van der Waals surface area contributed by atoms with Crippen LogP contribution >= 0.6 is 0 Å². The summed E-state index contributed by atoms with van der Waals surface area (Å²) in [6, 6.07) is 3.60. The molecule has 2 atom stereocenters. The molecule has 0 amide bonds. The number of halogens is 1. The number of benzene rings is 1. The number of fused-ring (bicyclic) bond motifs is 1. The lowest BCUT2D eigenvalue weighted by molar-refractivity contribution is 0.0695. The van der Waals surface area contributed by atoms with E-state index in [1.807, 2.05) is 23.6 Å². The van der Waals surface area contributed by atoms with Crippen molar-refractivity contribution in [3.8, 4) is 0 Å². The summed E-state index contributed by atoms with van der Waals surface area (Å²) in [4.78, 5) is 28.0. The number of rotatable bonds is 4. The second-order valence-corrected chi connectivity index (χ2v) is 7.56. The lowest BCUT2D eigenvalue weighted by atomic mass is 9.95. The zero-order chi connectivity index (χ0) is 18.7. The van der Waals surface area contributed by atoms with E-state index in [0.717, 1.165) is 19.4 Å². The standard InChI is InChI=1S/C19H22FN3O3/c1-10-17(21(2)3)9-22(10)16-7-15-12(6-14(16)20)18(24)13(19(25)26)8-23(15)11-4-5-11/h6-8,10-11,17H,4-5,9H2,1-3H3,(H,25,26)/t10-,17+/m1/s1. The first kappa shape index (κ1) is 17.0. The number of carboxylic acids is 1. The highest BCUT2D eigenvalue weighted by Crippen LogP contribution is 2.39. The van der Waals surface area contributed by atoms with Crippen LogP contribution < -0.4 is 10.3 Å². The van der Waals surface area contributed by atoms with Gasteiger partial charge >= 0.3 is 5.97 Å². The fourth-order valence-corrected chi connectivity index (χ4v) is 3.89. The topological polar surface area (TPSA) is 65.8 Å². The quantitative estimate of drug-likeness (QED) is 0.908. The molecule has 2 aliphatic rings. The van der Waals surface area contributed by atoms with E-state index in [1.54, 1.807) is 6.07 Å². The van der Waals surface area contributed by atoms with Gasteiger partial charge in [0.1, 0.15) is 11.4 Å². The van der Waals surface area contributed by atoms with Crippen LogP contribution in [-0.2, 0) is 0 Å². The maximum Gasteiger partial charge on any atom is 0.341 e. The van der Waals surface area contributed by atoms with E-state index >= 15 is 0 Å². The van der Waals surface area contributed by atoms with Gasteiger partial charge in [-0.3, -0.25) is 4.79 Å². The van der Waals surface area contributed by atoms with Crippen molar-refractivity contribution in [3.63, 3.8) is 0 Å². The summed E-state index contributed by atoms with van der Waals surface area (Å²) in [5, 5.41) is 9.44. The first-order chi connectivity index (χ1) is 12.3. The molecule has 0 radical (unpaired) electrons. The predicted molar refractivity (Wildman–Crippen MR) is 97.7 cm³/mol. The van der Waals surface area contributed by atoms with Crippen LogP contribution in [0.15, 0.2) is 23.1 Å². The molecule has 6 nitrogen and oxygen atoms in total. The highest BCUT2D eigenvalue weighted by Gasteiger charge is 2.38. The van der Waals surface area contributed by atoms with E-state index in [1.165, 1.54) is 12.3 Å². The van der Waals surface area contributed by atoms with Gasteiger partial charge in [0.05, 0.1) is 11.2 Å². The van der Waals surface area contributed by atoms with Crippen LogP contribution in [-0.4, -0.2) is 53.3 Å². The summed E-state index contributed by atoms with van der Waals surface area (Å²) in [6.45, 7) is 2.77. The van der Waals surface area contributed by atoms with E-state index < -0.39 is 17.2 Å². The number of carbonyl (C=O) groups is 1. The van der Waals surface area contributed by atoms with Gasteiger partial charge in [0.15, 0.2) is 0 Å². The Morgan fingerprint density at radius 1 is 1.31 bits per heavy atom. The van der Waals surface area contributed by atoms with E-state index in [2.05, 4.69) is 11.8 Å². The largest absolute Gasteiger partial charge is 0.477 e. The Kier molecular flexibility index (Phi) is 3.80. The van der Waals surface area contributed by atoms with Gasteiger partial charge in [0, 0.05) is 36.3 Å². The summed E-state index contributed by atoms with van der Waals surface area (Å²) >= 11 is 0. The first-order valence-electron chi connectivity index (χ1n) is 8.84. The second-order valence-electron chi connectivity index (χ2n) is 7.56. The number of carboxylic acid groups (broad SMARTS) is 1. The highest BCUT2D eigenvalue weighted by atomic mass is 19.1. The maximum absolute atomic E-state index is 14.8. The zero-order valence-electron chi connectivity index (χ0n) is 15.1. The van der Waals surface area contributed by atoms with Gasteiger partial charge in [-0.2, -0.15) is 0 Å². The molecule has 1 saturated heterocycles. The second kappa shape index (κ2) is 5.81. The molecule has 138 valence electrons. The Hall–Kier alpha value is -2.41. The van der Waals surface area contributed by atoms with Crippen LogP contribution in [0.4, 0.5) is 10.1 Å². The van der Waals surface area contributed by atoms with E-state index in [-0.39, 0.29) is 23.0 Å². The number of nitrogens with zero attached hydrogens (tertiary/aromatic N) is 3. The van der Waals surface area contributed by atoms with Crippen molar-refractivity contribution < 1.29 is 14.3 Å². The van der Waals surface area contributed by atoms with Crippen LogP contribution in [0.5, 0.6) is 0 Å². The number of aromatic nitrogens is 1. The Labute approximate surface area is 150 Å². The zero-order valence-corrected chi connectivity index (χ0v) is 15.1. The molecule has 0 spiro atoms. The lowest BCUT2D eigenvalue weighted by Crippen LogP contribution is -2.64. The van der Waals surface area contributed by atoms with Gasteiger partial charge in [0.2, 0.25) is 5.43 Å². The molecule has 1 aromatic carbocycles. The summed E-state index contributed by atoms with van der Waals surface area (Å²) in [6.07, 6.45) is 3.29. The number of hydrogen-bond acceptors (Lipinski definition) is 4. The molecule has 2 aromatic rings. The number of hydrogen-bond donors (Lipinski definition) is 1. The van der Waals surface area contributed by atoms with Crippen LogP contribution in [0.2, 0.25) is 0 Å². The average molecular weight is 359 g/mol. The number of anilines is 1. The molecule has 0 bridgehead atoms. The fourth-order valence-electron chi connectivity index (χ4n) is 3.89. The normalized spacial score (nSPS) is 22.7. The summed E-state index contributed by atoms with van der Waals surface area (Å²) in [5.74, 6) is -1.76. The minimum Gasteiger partial charge on any atom is -0.477 e. The third-order valence-corrected chi connectivity index (χ3v) is 5.68. The van der Waals surface area contributed by atoms with Gasteiger partial charge in [-0.15, -0.1) is 0 Å². The molecule has 4 rings (SSSR count). The molecular formula is C19H22FN3O3. The van der Waals surface area contributed by atoms with Crippen molar-refractivity contribution in [2.75, 3.05) is 25.5 Å². The molecule has 1 saturated carbocycles. The van der Waals surface area contributed by atoms with Gasteiger partial charge < -0.3 is 19.5 Å². The Bertz CT molecular complexity index is 965. The fraction of sp³-hybridized carbons (Fsp3) is 0.474. The van der Waals surface area contributed by atoms with E-state index in [0.29, 0.717) is 17.2 Å². The van der Waals surface area contributed by atoms with Gasteiger partial charge in [-0.25, -0.2) is 9.18 Å². The molecule has 7 heteroatoms. The van der Waals surface area contributed by atoms with Gasteiger partial charge in [-0.1, -0.05) is 0 Å². The highest BCUT2D eigenvalue weighted by molar-refractivity contribution is 5.93. The molecule has 26 heavy (non-hydrogen) atoms. The van der Waals surface area contributed by atoms with Crippen molar-refractivity contribution in [1.29, 1.82) is 0 Å². The minimum atomic E-state index is -1.28. The molecule has 2 heterocycles. The Morgan fingerprint density at radius 3 is 2.54 bits per heavy atom. The molecule has 1 aromatic heterocycles. The van der Waals surface area contributed by atoms with Crippen LogP contribution in [0.1, 0.15) is 36.2 Å². The molecule has 1 aliphatic heterocycles. The van der Waals surface area contributed by atoms with Gasteiger partial charge in [-0.05, 0) is 46.0 Å². The molecule has 1 aliphatic carbocycles. The molecular weight excluding hydrogens is 337 g/mol. The van der Waals surface area contributed by atoms with Crippen LogP contribution in [0.3, 0.4) is 0 Å².